The summed E-state index contributed by atoms with van der Waals surface area (Å²) in [6.45, 7) is 18.0. The smallest absolute Gasteiger partial charge is 0.170 e. The van der Waals surface area contributed by atoms with Gasteiger partial charge in [0.25, 0.3) is 0 Å². The molecule has 0 radical (unpaired) electrons. The van der Waals surface area contributed by atoms with Gasteiger partial charge in [0.1, 0.15) is 11.6 Å². The molecule has 0 spiro atoms. The number of carbonyl (C=O) groups is 2. The number of unbranched alkanes of at least 4 members (excludes halogenated alkanes) is 2. The van der Waals surface area contributed by atoms with Crippen LogP contribution in [-0.4, -0.2) is 30.6 Å². The number of ether oxygens (including phenoxy) is 2. The molecule has 0 aliphatic carbocycles. The predicted octanol–water partition coefficient (Wildman–Crippen LogP) is 6.74. The van der Waals surface area contributed by atoms with Crippen LogP contribution in [0.3, 0.4) is 0 Å². The average Bonchev–Trinajstić information content (AvgIpc) is 2.60. The highest BCUT2D eigenvalue weighted by atomic mass is 16.7. The van der Waals surface area contributed by atoms with Gasteiger partial charge in [0, 0.05) is 30.6 Å². The lowest BCUT2D eigenvalue weighted by atomic mass is 9.86. The molecule has 0 saturated heterocycles. The monoisotopic (exact) mass is 412 g/mol. The summed E-state index contributed by atoms with van der Waals surface area (Å²) >= 11 is 0. The van der Waals surface area contributed by atoms with Crippen molar-refractivity contribution in [2.24, 2.45) is 17.3 Å². The highest BCUT2D eigenvalue weighted by molar-refractivity contribution is 5.80. The molecule has 4 heteroatoms. The normalized spacial score (nSPS) is 14.4. The highest BCUT2D eigenvalue weighted by Gasteiger charge is 2.39. The number of rotatable bonds is 17. The fourth-order valence-electron chi connectivity index (χ4n) is 2.98. The third-order valence-electron chi connectivity index (χ3n) is 5.67. The first-order valence-corrected chi connectivity index (χ1v) is 11.7. The van der Waals surface area contributed by atoms with Gasteiger partial charge in [-0.25, -0.2) is 0 Å². The van der Waals surface area contributed by atoms with Crippen molar-refractivity contribution in [3.8, 4) is 0 Å². The molecule has 0 N–H and O–H groups in total. The summed E-state index contributed by atoms with van der Waals surface area (Å²) in [5, 5.41) is 0. The molecule has 0 bridgehead atoms. The van der Waals surface area contributed by atoms with Crippen molar-refractivity contribution >= 4 is 11.6 Å². The van der Waals surface area contributed by atoms with E-state index >= 15 is 0 Å². The third kappa shape index (κ3) is 13.2. The van der Waals surface area contributed by atoms with Gasteiger partial charge in [-0.15, -0.1) is 0 Å². The quantitative estimate of drug-likeness (QED) is 0.196. The van der Waals surface area contributed by atoms with Crippen molar-refractivity contribution < 1.29 is 19.1 Å². The van der Waals surface area contributed by atoms with E-state index in [1.807, 2.05) is 20.8 Å². The van der Waals surface area contributed by atoms with Gasteiger partial charge in [-0.1, -0.05) is 54.9 Å². The predicted molar refractivity (Wildman–Crippen MR) is 121 cm³/mol. The maximum Gasteiger partial charge on any atom is 0.170 e. The first kappa shape index (κ1) is 28.3. The Morgan fingerprint density at radius 1 is 0.724 bits per heavy atom. The Balaban J connectivity index is 4.06. The Labute approximate surface area is 180 Å². The van der Waals surface area contributed by atoms with Gasteiger partial charge in [-0.2, -0.15) is 0 Å². The van der Waals surface area contributed by atoms with Crippen LogP contribution in [0.1, 0.15) is 113 Å². The molecule has 0 aromatic heterocycles. The third-order valence-corrected chi connectivity index (χ3v) is 5.67. The second kappa shape index (κ2) is 14.3. The van der Waals surface area contributed by atoms with Gasteiger partial charge < -0.3 is 9.47 Å². The largest absolute Gasteiger partial charge is 0.350 e. The Kier molecular flexibility index (Phi) is 13.9. The molecule has 0 aromatic carbocycles. The van der Waals surface area contributed by atoms with Crippen LogP contribution < -0.4 is 0 Å². The van der Waals surface area contributed by atoms with Crippen LogP contribution in [0, 0.1) is 17.3 Å². The Hall–Kier alpha value is -0.740. The summed E-state index contributed by atoms with van der Waals surface area (Å²) in [4.78, 5) is 23.7. The molecule has 0 amide bonds. The lowest BCUT2D eigenvalue weighted by Crippen LogP contribution is -2.45. The van der Waals surface area contributed by atoms with Gasteiger partial charge in [0.2, 0.25) is 0 Å². The number of ketones is 2. The Morgan fingerprint density at radius 3 is 1.76 bits per heavy atom. The molecular formula is C25H48O4. The first-order valence-electron chi connectivity index (χ1n) is 11.7. The average molecular weight is 413 g/mol. The van der Waals surface area contributed by atoms with Crippen LogP contribution in [0.4, 0.5) is 0 Å². The summed E-state index contributed by atoms with van der Waals surface area (Å²) in [6.07, 6.45) is 7.45. The molecule has 29 heavy (non-hydrogen) atoms. The zero-order valence-corrected chi connectivity index (χ0v) is 20.6. The summed E-state index contributed by atoms with van der Waals surface area (Å²) < 4.78 is 12.3. The minimum atomic E-state index is -0.643. The van der Waals surface area contributed by atoms with Gasteiger partial charge in [0.05, 0.1) is 13.2 Å². The molecule has 0 heterocycles. The number of Topliss-reactive ketones (excluding diaryl/α,β-unsaturated/α-hetero) is 2. The second-order valence-corrected chi connectivity index (χ2v) is 10.3. The van der Waals surface area contributed by atoms with E-state index in [9.17, 15) is 9.59 Å². The standard InChI is InChI=1S/C25H48O4/c1-20(2)14-12-18-28-25(8,24(5,6)7)29-19-13-16-22(26)15-10-9-11-17-23(27)21(3)4/h20-21H,9-19H2,1-8H3. The van der Waals surface area contributed by atoms with Gasteiger partial charge in [-0.3, -0.25) is 9.59 Å². The van der Waals surface area contributed by atoms with Crippen molar-refractivity contribution in [1.82, 2.24) is 0 Å². The maximum atomic E-state index is 12.1. The lowest BCUT2D eigenvalue weighted by Gasteiger charge is -2.41. The van der Waals surface area contributed by atoms with Crippen LogP contribution in [0.15, 0.2) is 0 Å². The topological polar surface area (TPSA) is 52.6 Å². The van der Waals surface area contributed by atoms with Crippen molar-refractivity contribution in [1.29, 1.82) is 0 Å². The molecule has 1 unspecified atom stereocenters. The van der Waals surface area contributed by atoms with E-state index in [-0.39, 0.29) is 11.3 Å². The summed E-state index contributed by atoms with van der Waals surface area (Å²) in [7, 11) is 0. The van der Waals surface area contributed by atoms with E-state index in [1.54, 1.807) is 0 Å². The Morgan fingerprint density at radius 2 is 1.24 bits per heavy atom. The zero-order valence-electron chi connectivity index (χ0n) is 20.6. The van der Waals surface area contributed by atoms with Gasteiger partial charge in [0.15, 0.2) is 5.79 Å². The first-order chi connectivity index (χ1) is 13.4. The molecular weight excluding hydrogens is 364 g/mol. The van der Waals surface area contributed by atoms with Crippen molar-refractivity contribution in [2.75, 3.05) is 13.2 Å². The number of carbonyl (C=O) groups excluding carboxylic acids is 2. The van der Waals surface area contributed by atoms with Crippen molar-refractivity contribution in [2.45, 2.75) is 119 Å². The SMILES string of the molecule is CC(C)CCCOC(C)(OCCCC(=O)CCCCCC(=O)C(C)C)C(C)(C)C. The highest BCUT2D eigenvalue weighted by Crippen LogP contribution is 2.35. The molecule has 0 aromatic rings. The fraction of sp³-hybridized carbons (Fsp3) is 0.920. The van der Waals surface area contributed by atoms with Crippen molar-refractivity contribution in [3.63, 3.8) is 0 Å². The summed E-state index contributed by atoms with van der Waals surface area (Å²) in [6, 6.07) is 0. The maximum absolute atomic E-state index is 12.1. The molecule has 0 aliphatic rings. The summed E-state index contributed by atoms with van der Waals surface area (Å²) in [5.74, 6) is 0.772. The molecule has 4 nitrogen and oxygen atoms in total. The van der Waals surface area contributed by atoms with Crippen LogP contribution in [-0.2, 0) is 19.1 Å². The second-order valence-electron chi connectivity index (χ2n) is 10.3. The van der Waals surface area contributed by atoms with Crippen LogP contribution in [0.5, 0.6) is 0 Å². The molecule has 172 valence electrons. The van der Waals surface area contributed by atoms with Gasteiger partial charge in [-0.05, 0) is 44.9 Å². The van der Waals surface area contributed by atoms with E-state index < -0.39 is 5.79 Å². The van der Waals surface area contributed by atoms with Crippen molar-refractivity contribution in [3.05, 3.63) is 0 Å². The molecule has 0 rings (SSSR count). The zero-order chi connectivity index (χ0) is 22.5. The molecule has 0 saturated carbocycles. The van der Waals surface area contributed by atoms with E-state index in [4.69, 9.17) is 9.47 Å². The number of hydrogen-bond acceptors (Lipinski definition) is 4. The van der Waals surface area contributed by atoms with Crippen LogP contribution in [0.2, 0.25) is 0 Å². The molecule has 0 aliphatic heterocycles. The minimum Gasteiger partial charge on any atom is -0.350 e. The van der Waals surface area contributed by atoms with Crippen LogP contribution >= 0.6 is 0 Å². The Bertz CT molecular complexity index is 462. The van der Waals surface area contributed by atoms with E-state index in [0.29, 0.717) is 50.0 Å². The molecule has 1 atom stereocenters. The minimum absolute atomic E-state index is 0.120. The van der Waals surface area contributed by atoms with Gasteiger partial charge >= 0.3 is 0 Å². The number of hydrogen-bond donors (Lipinski definition) is 0. The van der Waals surface area contributed by atoms with E-state index in [2.05, 4.69) is 34.6 Å². The molecule has 0 fully saturated rings. The summed E-state index contributed by atoms with van der Waals surface area (Å²) in [5.41, 5.74) is -0.137. The van der Waals surface area contributed by atoms with Crippen LogP contribution in [0.25, 0.3) is 0 Å². The van der Waals surface area contributed by atoms with E-state index in [1.165, 1.54) is 0 Å². The van der Waals surface area contributed by atoms with E-state index in [0.717, 1.165) is 38.5 Å². The lowest BCUT2D eigenvalue weighted by molar-refractivity contribution is -0.278. The fourth-order valence-corrected chi connectivity index (χ4v) is 2.98.